The van der Waals surface area contributed by atoms with E-state index in [2.05, 4.69) is 26.0 Å². The highest BCUT2D eigenvalue weighted by atomic mass is 79.9. The van der Waals surface area contributed by atoms with E-state index in [1.807, 2.05) is 35.2 Å². The van der Waals surface area contributed by atoms with Crippen molar-refractivity contribution in [3.8, 4) is 28.1 Å². The van der Waals surface area contributed by atoms with Gasteiger partial charge in [0.15, 0.2) is 5.65 Å². The number of ether oxygens (including phenoxy) is 1. The number of hydrogen-bond donors (Lipinski definition) is 3. The molecule has 4 N–H and O–H groups in total. The Kier molecular flexibility index (Phi) is 6.97. The summed E-state index contributed by atoms with van der Waals surface area (Å²) in [6, 6.07) is 9.68. The maximum absolute atomic E-state index is 12.6. The summed E-state index contributed by atoms with van der Waals surface area (Å²) in [4.78, 5) is 24.3. The summed E-state index contributed by atoms with van der Waals surface area (Å²) in [5.74, 6) is 1.04. The number of nitrogen functional groups attached to an aromatic ring is 1. The van der Waals surface area contributed by atoms with E-state index >= 15 is 0 Å². The predicted molar refractivity (Wildman–Crippen MR) is 154 cm³/mol. The number of halogens is 1. The molecule has 5 heterocycles. The standard InChI is InChI=1S/C29H31BrN6O4/c1-15(38)29(39)35-20-5-6-21(35)11-18(10-20)26-25(30)27(31)36-28(34-26)22(13-33-36)17-3-7-23(32-12-17)16-4-8-24(40-2)19(9-16)14-37/h3-4,7-9,12-13,15,18,20-21,37-38H,5-6,10-11,14,31H2,1-2H3/t15-,18-,20+,21-/m1/s1. The third kappa shape index (κ3) is 4.42. The summed E-state index contributed by atoms with van der Waals surface area (Å²) in [7, 11) is 1.58. The fraction of sp³-hybridized carbons (Fsp3) is 0.379. The molecule has 1 amide bonds. The second-order valence-electron chi connectivity index (χ2n) is 10.6. The maximum Gasteiger partial charge on any atom is 0.251 e. The number of nitrogens with two attached hydrogens (primary N) is 1. The lowest BCUT2D eigenvalue weighted by Crippen LogP contribution is -2.49. The van der Waals surface area contributed by atoms with E-state index in [0.29, 0.717) is 22.8 Å². The normalized spacial score (nSPS) is 21.1. The molecular weight excluding hydrogens is 576 g/mol. The van der Waals surface area contributed by atoms with Crippen LogP contribution in [0.15, 0.2) is 47.2 Å². The minimum absolute atomic E-state index is 0.0856. The quantitative estimate of drug-likeness (QED) is 0.300. The summed E-state index contributed by atoms with van der Waals surface area (Å²) >= 11 is 3.68. The van der Waals surface area contributed by atoms with E-state index in [4.69, 9.17) is 15.5 Å². The number of amides is 1. The molecule has 2 fully saturated rings. The van der Waals surface area contributed by atoms with Crippen LogP contribution in [-0.2, 0) is 11.4 Å². The number of aromatic nitrogens is 4. The van der Waals surface area contributed by atoms with Gasteiger partial charge in [-0.05, 0) is 72.8 Å². The van der Waals surface area contributed by atoms with Gasteiger partial charge in [-0.3, -0.25) is 9.78 Å². The predicted octanol–water partition coefficient (Wildman–Crippen LogP) is 3.92. The van der Waals surface area contributed by atoms with Gasteiger partial charge in [-0.2, -0.15) is 9.61 Å². The molecule has 0 unspecified atom stereocenters. The molecule has 1 aromatic carbocycles. The summed E-state index contributed by atoms with van der Waals surface area (Å²) in [5, 5.41) is 24.1. The fourth-order valence-electron chi connectivity index (χ4n) is 6.25. The van der Waals surface area contributed by atoms with E-state index in [-0.39, 0.29) is 30.5 Å². The first kappa shape index (κ1) is 26.7. The number of carbonyl (C=O) groups is 1. The van der Waals surface area contributed by atoms with Crippen molar-refractivity contribution < 1.29 is 19.7 Å². The Bertz CT molecular complexity index is 1570. The van der Waals surface area contributed by atoms with Crippen molar-refractivity contribution in [1.29, 1.82) is 0 Å². The summed E-state index contributed by atoms with van der Waals surface area (Å²) < 4.78 is 7.67. The van der Waals surface area contributed by atoms with E-state index in [1.54, 1.807) is 24.0 Å². The molecule has 2 aliphatic rings. The Morgan fingerprint density at radius 2 is 1.90 bits per heavy atom. The largest absolute Gasteiger partial charge is 0.496 e. The highest BCUT2D eigenvalue weighted by Crippen LogP contribution is 2.45. The molecule has 4 aromatic rings. The van der Waals surface area contributed by atoms with Crippen LogP contribution in [0.3, 0.4) is 0 Å². The highest BCUT2D eigenvalue weighted by molar-refractivity contribution is 9.10. The van der Waals surface area contributed by atoms with Gasteiger partial charge in [-0.1, -0.05) is 6.07 Å². The van der Waals surface area contributed by atoms with E-state index in [9.17, 15) is 15.0 Å². The number of anilines is 1. The van der Waals surface area contributed by atoms with Gasteiger partial charge in [0.25, 0.3) is 5.91 Å². The Morgan fingerprint density at radius 1 is 1.18 bits per heavy atom. The molecule has 6 rings (SSSR count). The molecule has 40 heavy (non-hydrogen) atoms. The van der Waals surface area contributed by atoms with Crippen molar-refractivity contribution in [2.45, 2.75) is 63.3 Å². The zero-order valence-electron chi connectivity index (χ0n) is 22.3. The van der Waals surface area contributed by atoms with E-state index in [1.165, 1.54) is 6.92 Å². The zero-order chi connectivity index (χ0) is 28.1. The number of aliphatic hydroxyl groups is 2. The molecule has 4 atom stereocenters. The topological polar surface area (TPSA) is 139 Å². The van der Waals surface area contributed by atoms with Gasteiger partial charge < -0.3 is 25.6 Å². The lowest BCUT2D eigenvalue weighted by molar-refractivity contribution is -0.144. The molecule has 11 heteroatoms. The van der Waals surface area contributed by atoms with Crippen molar-refractivity contribution in [3.05, 3.63) is 58.5 Å². The number of aliphatic hydroxyl groups excluding tert-OH is 2. The fourth-order valence-corrected chi connectivity index (χ4v) is 6.83. The Morgan fingerprint density at radius 3 is 2.52 bits per heavy atom. The molecular formula is C29H31BrN6O4. The van der Waals surface area contributed by atoms with Gasteiger partial charge in [0.1, 0.15) is 17.7 Å². The minimum atomic E-state index is -0.993. The number of hydrogen-bond acceptors (Lipinski definition) is 8. The average molecular weight is 608 g/mol. The lowest BCUT2D eigenvalue weighted by atomic mass is 9.87. The summed E-state index contributed by atoms with van der Waals surface area (Å²) in [6.45, 7) is 1.41. The molecule has 2 aliphatic heterocycles. The molecule has 2 bridgehead atoms. The first-order chi connectivity index (χ1) is 19.3. The van der Waals surface area contributed by atoms with E-state index in [0.717, 1.165) is 58.2 Å². The smallest absolute Gasteiger partial charge is 0.251 e. The van der Waals surface area contributed by atoms with Gasteiger partial charge in [-0.25, -0.2) is 4.98 Å². The second kappa shape index (κ2) is 10.5. The SMILES string of the molecule is COc1ccc(-c2ccc(-c3cnn4c(N)c(Br)c([C@H]5C[C@H]6CC[C@@H](C5)N6C(=O)[C@@H](C)O)nc34)cn2)cc1CO. The van der Waals surface area contributed by atoms with Crippen LogP contribution in [0.25, 0.3) is 28.0 Å². The molecule has 0 radical (unpaired) electrons. The number of methoxy groups -OCH3 is 1. The summed E-state index contributed by atoms with van der Waals surface area (Å²) in [5.41, 5.74) is 12.1. The third-order valence-corrected chi connectivity index (χ3v) is 9.01. The second-order valence-corrected chi connectivity index (χ2v) is 11.4. The summed E-state index contributed by atoms with van der Waals surface area (Å²) in [6.07, 6.45) is 5.94. The van der Waals surface area contributed by atoms with Crippen molar-refractivity contribution >= 4 is 33.3 Å². The monoisotopic (exact) mass is 606 g/mol. The molecule has 0 spiro atoms. The van der Waals surface area contributed by atoms with Crippen LogP contribution in [0.5, 0.6) is 5.75 Å². The number of nitrogens with zero attached hydrogens (tertiary/aromatic N) is 5. The van der Waals surface area contributed by atoms with Crippen molar-refractivity contribution in [1.82, 2.24) is 24.5 Å². The van der Waals surface area contributed by atoms with Gasteiger partial charge in [0.05, 0.1) is 35.8 Å². The Labute approximate surface area is 239 Å². The average Bonchev–Trinajstić information content (AvgIpc) is 3.51. The number of fused-ring (bicyclic) bond motifs is 3. The lowest BCUT2D eigenvalue weighted by Gasteiger charge is -2.39. The minimum Gasteiger partial charge on any atom is -0.496 e. The Hall–Kier alpha value is -3.54. The number of rotatable bonds is 6. The maximum atomic E-state index is 12.6. The van der Waals surface area contributed by atoms with Crippen molar-refractivity contribution in [3.63, 3.8) is 0 Å². The van der Waals surface area contributed by atoms with Crippen LogP contribution in [0.4, 0.5) is 5.82 Å². The van der Waals surface area contributed by atoms with Crippen LogP contribution in [0.1, 0.15) is 49.8 Å². The van der Waals surface area contributed by atoms with Crippen molar-refractivity contribution in [2.24, 2.45) is 0 Å². The van der Waals surface area contributed by atoms with Gasteiger partial charge in [0, 0.05) is 46.5 Å². The Balaban J connectivity index is 1.32. The molecule has 2 saturated heterocycles. The number of pyridine rings is 1. The van der Waals surface area contributed by atoms with Crippen LogP contribution < -0.4 is 10.5 Å². The van der Waals surface area contributed by atoms with Gasteiger partial charge >= 0.3 is 0 Å². The zero-order valence-corrected chi connectivity index (χ0v) is 23.9. The number of carbonyl (C=O) groups excluding carboxylic acids is 1. The van der Waals surface area contributed by atoms with Gasteiger partial charge in [0.2, 0.25) is 0 Å². The number of benzene rings is 1. The highest BCUT2D eigenvalue weighted by Gasteiger charge is 2.45. The number of piperidine rings is 1. The first-order valence-corrected chi connectivity index (χ1v) is 14.2. The van der Waals surface area contributed by atoms with Crippen LogP contribution in [-0.4, -0.2) is 65.9 Å². The third-order valence-electron chi connectivity index (χ3n) is 8.20. The molecule has 10 nitrogen and oxygen atoms in total. The molecule has 0 aliphatic carbocycles. The van der Waals surface area contributed by atoms with Gasteiger partial charge in [-0.15, -0.1) is 0 Å². The first-order valence-electron chi connectivity index (χ1n) is 13.4. The van der Waals surface area contributed by atoms with Crippen LogP contribution in [0, 0.1) is 0 Å². The van der Waals surface area contributed by atoms with Crippen LogP contribution in [0.2, 0.25) is 0 Å². The van der Waals surface area contributed by atoms with Crippen LogP contribution >= 0.6 is 15.9 Å². The molecule has 0 saturated carbocycles. The molecule has 3 aromatic heterocycles. The van der Waals surface area contributed by atoms with E-state index < -0.39 is 6.10 Å². The van der Waals surface area contributed by atoms with Crippen molar-refractivity contribution in [2.75, 3.05) is 12.8 Å². The molecule has 208 valence electrons.